The van der Waals surface area contributed by atoms with Crippen molar-refractivity contribution in [3.63, 3.8) is 0 Å². The number of amides is 1. The molecule has 26 heavy (non-hydrogen) atoms. The molecule has 0 aliphatic carbocycles. The van der Waals surface area contributed by atoms with Crippen molar-refractivity contribution in [3.8, 4) is 0 Å². The Balaban J connectivity index is 1.60. The number of aromatic nitrogens is 2. The largest absolute Gasteiger partial charge is 0.354 e. The Bertz CT molecular complexity index is 917. The summed E-state index contributed by atoms with van der Waals surface area (Å²) in [6.07, 6.45) is 2.30. The van der Waals surface area contributed by atoms with Gasteiger partial charge in [0.1, 0.15) is 5.69 Å². The first kappa shape index (κ1) is 18.2. The number of para-hydroxylation sites is 1. The van der Waals surface area contributed by atoms with E-state index in [0.717, 1.165) is 12.0 Å². The van der Waals surface area contributed by atoms with Crippen molar-refractivity contribution in [1.82, 2.24) is 9.97 Å². The highest BCUT2D eigenvalue weighted by Gasteiger charge is 2.10. The molecule has 3 aromatic rings. The summed E-state index contributed by atoms with van der Waals surface area (Å²) in [5, 5.41) is 7.02. The molecule has 0 unspecified atom stereocenters. The third-order valence-electron chi connectivity index (χ3n) is 3.60. The number of nitrogens with zero attached hydrogens (tertiary/aromatic N) is 2. The molecule has 0 saturated carbocycles. The monoisotopic (exact) mass is 386 g/mol. The van der Waals surface area contributed by atoms with Crippen LogP contribution >= 0.6 is 23.2 Å². The molecule has 3 rings (SSSR count). The number of hydrogen-bond acceptors (Lipinski definition) is 4. The van der Waals surface area contributed by atoms with E-state index in [0.29, 0.717) is 28.2 Å². The predicted molar refractivity (Wildman–Crippen MR) is 105 cm³/mol. The van der Waals surface area contributed by atoms with Gasteiger partial charge in [-0.25, -0.2) is 9.97 Å². The Labute approximate surface area is 161 Å². The summed E-state index contributed by atoms with van der Waals surface area (Å²) in [7, 11) is 0. The highest BCUT2D eigenvalue weighted by atomic mass is 35.5. The molecule has 0 radical (unpaired) electrons. The average Bonchev–Trinajstić information content (AvgIpc) is 2.64. The van der Waals surface area contributed by atoms with E-state index < -0.39 is 0 Å². The molecule has 0 spiro atoms. The van der Waals surface area contributed by atoms with Crippen molar-refractivity contribution in [2.75, 3.05) is 17.2 Å². The van der Waals surface area contributed by atoms with Crippen LogP contribution in [0.1, 0.15) is 16.1 Å². The number of nitrogens with one attached hydrogen (secondary N) is 2. The lowest BCUT2D eigenvalue weighted by Crippen LogP contribution is -2.16. The molecule has 0 aliphatic rings. The van der Waals surface area contributed by atoms with Crippen LogP contribution in [-0.4, -0.2) is 22.4 Å². The van der Waals surface area contributed by atoms with Crippen LogP contribution in [0.25, 0.3) is 0 Å². The Morgan fingerprint density at radius 3 is 2.69 bits per heavy atom. The van der Waals surface area contributed by atoms with E-state index in [1.165, 1.54) is 6.20 Å². The van der Waals surface area contributed by atoms with Gasteiger partial charge in [0.25, 0.3) is 5.91 Å². The molecule has 5 nitrogen and oxygen atoms in total. The number of benzene rings is 2. The van der Waals surface area contributed by atoms with Crippen LogP contribution in [-0.2, 0) is 6.42 Å². The Hall–Kier alpha value is -2.63. The second-order valence-electron chi connectivity index (χ2n) is 5.51. The van der Waals surface area contributed by atoms with E-state index in [9.17, 15) is 4.79 Å². The van der Waals surface area contributed by atoms with Crippen LogP contribution in [0.2, 0.25) is 10.0 Å². The maximum atomic E-state index is 12.3. The van der Waals surface area contributed by atoms with Crippen molar-refractivity contribution in [3.05, 3.63) is 82.1 Å². The van der Waals surface area contributed by atoms with Gasteiger partial charge in [-0.1, -0.05) is 47.5 Å². The van der Waals surface area contributed by atoms with Crippen molar-refractivity contribution in [1.29, 1.82) is 0 Å². The van der Waals surface area contributed by atoms with Gasteiger partial charge in [0.15, 0.2) is 0 Å². The van der Waals surface area contributed by atoms with Gasteiger partial charge in [-0.3, -0.25) is 4.79 Å². The summed E-state index contributed by atoms with van der Waals surface area (Å²) in [4.78, 5) is 20.7. The van der Waals surface area contributed by atoms with E-state index in [4.69, 9.17) is 23.2 Å². The standard InChI is InChI=1S/C19H16Cl2N4O/c20-14-5-3-4-13(12-14)8-10-22-19-23-11-9-17(25-19)18(26)24-16-7-2-1-6-15(16)21/h1-7,9,11-12H,8,10H2,(H,24,26)(H,22,23,25). The quantitative estimate of drug-likeness (QED) is 0.644. The van der Waals surface area contributed by atoms with Crippen LogP contribution in [0.15, 0.2) is 60.8 Å². The lowest BCUT2D eigenvalue weighted by Gasteiger charge is -2.08. The normalized spacial score (nSPS) is 10.4. The Morgan fingerprint density at radius 2 is 1.88 bits per heavy atom. The molecule has 2 N–H and O–H groups in total. The second kappa shape index (κ2) is 8.65. The lowest BCUT2D eigenvalue weighted by molar-refractivity contribution is 0.102. The third-order valence-corrected chi connectivity index (χ3v) is 4.16. The van der Waals surface area contributed by atoms with E-state index in [2.05, 4.69) is 20.6 Å². The van der Waals surface area contributed by atoms with Crippen LogP contribution in [0.3, 0.4) is 0 Å². The number of anilines is 2. The number of carbonyl (C=O) groups excluding carboxylic acids is 1. The zero-order valence-electron chi connectivity index (χ0n) is 13.7. The van der Waals surface area contributed by atoms with E-state index in [1.807, 2.05) is 24.3 Å². The smallest absolute Gasteiger partial charge is 0.274 e. The first-order valence-corrected chi connectivity index (χ1v) is 8.74. The summed E-state index contributed by atoms with van der Waals surface area (Å²) >= 11 is 12.0. The first-order chi connectivity index (χ1) is 12.6. The Morgan fingerprint density at radius 1 is 1.04 bits per heavy atom. The van der Waals surface area contributed by atoms with Gasteiger partial charge in [0.05, 0.1) is 10.7 Å². The second-order valence-corrected chi connectivity index (χ2v) is 6.35. The minimum absolute atomic E-state index is 0.255. The molecule has 0 aliphatic heterocycles. The van der Waals surface area contributed by atoms with E-state index >= 15 is 0 Å². The van der Waals surface area contributed by atoms with Gasteiger partial charge in [0, 0.05) is 17.8 Å². The molecule has 0 atom stereocenters. The molecule has 1 amide bonds. The minimum Gasteiger partial charge on any atom is -0.354 e. The number of hydrogen-bond donors (Lipinski definition) is 2. The van der Waals surface area contributed by atoms with Crippen LogP contribution < -0.4 is 10.6 Å². The number of carbonyl (C=O) groups is 1. The lowest BCUT2D eigenvalue weighted by atomic mass is 10.1. The highest BCUT2D eigenvalue weighted by Crippen LogP contribution is 2.21. The summed E-state index contributed by atoms with van der Waals surface area (Å²) in [6.45, 7) is 0.621. The fourth-order valence-electron chi connectivity index (χ4n) is 2.33. The summed E-state index contributed by atoms with van der Waals surface area (Å²) in [5.41, 5.74) is 1.90. The summed E-state index contributed by atoms with van der Waals surface area (Å²) < 4.78 is 0. The Kier molecular flexibility index (Phi) is 6.04. The van der Waals surface area contributed by atoms with Crippen LogP contribution in [0, 0.1) is 0 Å². The summed E-state index contributed by atoms with van der Waals surface area (Å²) in [5.74, 6) is 0.0391. The first-order valence-electron chi connectivity index (χ1n) is 7.99. The maximum Gasteiger partial charge on any atom is 0.274 e. The summed E-state index contributed by atoms with van der Waals surface area (Å²) in [6, 6.07) is 16.2. The molecule has 1 aromatic heterocycles. The minimum atomic E-state index is -0.349. The fourth-order valence-corrected chi connectivity index (χ4v) is 2.73. The zero-order chi connectivity index (χ0) is 18.4. The van der Waals surface area contributed by atoms with Gasteiger partial charge >= 0.3 is 0 Å². The molecule has 0 fully saturated rings. The average molecular weight is 387 g/mol. The molecule has 2 aromatic carbocycles. The fraction of sp³-hybridized carbons (Fsp3) is 0.105. The van der Waals surface area contributed by atoms with Crippen LogP contribution in [0.5, 0.6) is 0 Å². The van der Waals surface area contributed by atoms with Crippen molar-refractivity contribution < 1.29 is 4.79 Å². The van der Waals surface area contributed by atoms with Gasteiger partial charge in [-0.2, -0.15) is 0 Å². The van der Waals surface area contributed by atoms with Gasteiger partial charge in [-0.05, 0) is 42.3 Å². The molecule has 132 valence electrons. The molecule has 0 bridgehead atoms. The molecule has 7 heteroatoms. The van der Waals surface area contributed by atoms with Crippen molar-refractivity contribution in [2.24, 2.45) is 0 Å². The molecule has 1 heterocycles. The number of halogens is 2. The topological polar surface area (TPSA) is 66.9 Å². The predicted octanol–water partition coefficient (Wildman–Crippen LogP) is 4.69. The van der Waals surface area contributed by atoms with Crippen molar-refractivity contribution in [2.45, 2.75) is 6.42 Å². The molecular formula is C19H16Cl2N4O. The van der Waals surface area contributed by atoms with Gasteiger partial charge < -0.3 is 10.6 Å². The van der Waals surface area contributed by atoms with Crippen molar-refractivity contribution >= 4 is 40.7 Å². The maximum absolute atomic E-state index is 12.3. The van der Waals surface area contributed by atoms with Gasteiger partial charge in [0.2, 0.25) is 5.95 Å². The van der Waals surface area contributed by atoms with Crippen LogP contribution in [0.4, 0.5) is 11.6 Å². The zero-order valence-corrected chi connectivity index (χ0v) is 15.3. The number of rotatable bonds is 6. The highest BCUT2D eigenvalue weighted by molar-refractivity contribution is 6.33. The van der Waals surface area contributed by atoms with E-state index in [-0.39, 0.29) is 11.6 Å². The SMILES string of the molecule is O=C(Nc1ccccc1Cl)c1ccnc(NCCc2cccc(Cl)c2)n1. The molecule has 0 saturated heterocycles. The third kappa shape index (κ3) is 4.94. The van der Waals surface area contributed by atoms with E-state index in [1.54, 1.807) is 30.3 Å². The van der Waals surface area contributed by atoms with Gasteiger partial charge in [-0.15, -0.1) is 0 Å². The molecular weight excluding hydrogens is 371 g/mol.